The predicted molar refractivity (Wildman–Crippen MR) is 34.0 cm³/mol. The Bertz CT molecular complexity index is 38.5. The second kappa shape index (κ2) is 2.34. The molecule has 0 rings (SSSR count). The molecule has 0 N–H and O–H groups in total. The summed E-state index contributed by atoms with van der Waals surface area (Å²) in [6.45, 7) is 8.83. The van der Waals surface area contributed by atoms with Gasteiger partial charge in [0, 0.05) is 0 Å². The highest BCUT2D eigenvalue weighted by atomic mass is 14.1. The van der Waals surface area contributed by atoms with E-state index < -0.39 is 0 Å². The van der Waals surface area contributed by atoms with Crippen LogP contribution >= 0.6 is 0 Å². The van der Waals surface area contributed by atoms with Crippen molar-refractivity contribution in [2.45, 2.75) is 34.1 Å². The van der Waals surface area contributed by atoms with Gasteiger partial charge in [0.15, 0.2) is 0 Å². The molecule has 0 aliphatic heterocycles. The lowest BCUT2D eigenvalue weighted by Crippen LogP contribution is -2.02. The van der Waals surface area contributed by atoms with Crippen molar-refractivity contribution in [1.29, 1.82) is 0 Å². The fraction of sp³-hybridized carbons (Fsp3) is 0.857. The second-order valence-electron chi connectivity index (χ2n) is 3.17. The second-order valence-corrected chi connectivity index (χ2v) is 3.17. The van der Waals surface area contributed by atoms with Crippen LogP contribution in [0.25, 0.3) is 0 Å². The molecule has 0 atom stereocenters. The molecule has 7 heavy (non-hydrogen) atoms. The minimum Gasteiger partial charge on any atom is -0.331 e. The van der Waals surface area contributed by atoms with Crippen LogP contribution in [0.4, 0.5) is 0 Å². The summed E-state index contributed by atoms with van der Waals surface area (Å²) in [4.78, 5) is 0. The molecule has 0 fully saturated rings. The van der Waals surface area contributed by atoms with Crippen LogP contribution in [-0.4, -0.2) is 0 Å². The average Bonchev–Trinajstić information content (AvgIpc) is 1.30. The first-order valence-electron chi connectivity index (χ1n) is 2.84. The summed E-state index contributed by atoms with van der Waals surface area (Å²) in [5.41, 5.74) is 0.495. The topological polar surface area (TPSA) is 0 Å². The van der Waals surface area contributed by atoms with E-state index in [-0.39, 0.29) is 0 Å². The molecule has 44 valence electrons. The molecule has 0 spiro atoms. The van der Waals surface area contributed by atoms with Crippen molar-refractivity contribution in [2.75, 3.05) is 0 Å². The van der Waals surface area contributed by atoms with Crippen LogP contribution in [0, 0.1) is 11.8 Å². The third-order valence-corrected chi connectivity index (χ3v) is 0.816. The number of rotatable bonds is 1. The molecule has 0 aliphatic rings. The fourth-order valence-corrected chi connectivity index (χ4v) is 0.612. The first kappa shape index (κ1) is 7.00. The van der Waals surface area contributed by atoms with Gasteiger partial charge in [-0.3, -0.25) is 0 Å². The molecule has 0 amide bonds. The molecule has 0 saturated carbocycles. The fourth-order valence-electron chi connectivity index (χ4n) is 0.612. The van der Waals surface area contributed by atoms with Gasteiger partial charge < -0.3 is 6.42 Å². The van der Waals surface area contributed by atoms with Gasteiger partial charge in [0.1, 0.15) is 0 Å². The molecule has 0 aromatic heterocycles. The van der Waals surface area contributed by atoms with E-state index in [1.54, 1.807) is 0 Å². The van der Waals surface area contributed by atoms with Crippen molar-refractivity contribution in [1.82, 2.24) is 0 Å². The summed E-state index contributed by atoms with van der Waals surface area (Å²) in [7, 11) is 0. The zero-order valence-corrected chi connectivity index (χ0v) is 5.78. The van der Waals surface area contributed by atoms with Crippen molar-refractivity contribution < 1.29 is 0 Å². The van der Waals surface area contributed by atoms with Crippen LogP contribution in [0.15, 0.2) is 0 Å². The van der Waals surface area contributed by atoms with E-state index in [9.17, 15) is 0 Å². The van der Waals surface area contributed by atoms with Crippen molar-refractivity contribution in [3.05, 3.63) is 6.42 Å². The summed E-state index contributed by atoms with van der Waals surface area (Å²) in [6, 6.07) is 0. The lowest BCUT2D eigenvalue weighted by Gasteiger charge is -2.21. The van der Waals surface area contributed by atoms with Gasteiger partial charge in [0.25, 0.3) is 0 Å². The summed E-state index contributed by atoms with van der Waals surface area (Å²) in [5.74, 6) is 0. The summed E-state index contributed by atoms with van der Waals surface area (Å²) in [5, 5.41) is 0. The molecule has 0 radical (unpaired) electrons. The van der Waals surface area contributed by atoms with E-state index in [1.807, 2.05) is 0 Å². The maximum absolute atomic E-state index is 2.24. The molecule has 0 aliphatic carbocycles. The van der Waals surface area contributed by atoms with E-state index in [4.69, 9.17) is 0 Å². The van der Waals surface area contributed by atoms with Gasteiger partial charge in [-0.1, -0.05) is 26.2 Å². The van der Waals surface area contributed by atoms with Gasteiger partial charge in [-0.15, -0.1) is 0 Å². The molecule has 0 aromatic rings. The Morgan fingerprint density at radius 3 is 1.71 bits per heavy atom. The zero-order valence-electron chi connectivity index (χ0n) is 5.78. The summed E-state index contributed by atoms with van der Waals surface area (Å²) < 4.78 is 0. The first-order valence-corrected chi connectivity index (χ1v) is 2.84. The van der Waals surface area contributed by atoms with Crippen LogP contribution in [0.1, 0.15) is 34.1 Å². The smallest absolute Gasteiger partial charge is 0.0626 e. The quantitative estimate of drug-likeness (QED) is 0.443. The van der Waals surface area contributed by atoms with Crippen LogP contribution in [-0.2, 0) is 0 Å². The van der Waals surface area contributed by atoms with Crippen molar-refractivity contribution in [3.8, 4) is 0 Å². The third kappa shape index (κ3) is 6.00. The van der Waals surface area contributed by atoms with E-state index >= 15 is 0 Å². The Balaban J connectivity index is 3.15. The average molecular weight is 99.2 g/mol. The maximum atomic E-state index is 2.24. The summed E-state index contributed by atoms with van der Waals surface area (Å²) >= 11 is 0. The van der Waals surface area contributed by atoms with Crippen LogP contribution < -0.4 is 0 Å². The maximum Gasteiger partial charge on any atom is -0.0626 e. The van der Waals surface area contributed by atoms with E-state index in [0.717, 1.165) is 0 Å². The number of hydrogen-bond acceptors (Lipinski definition) is 0. The van der Waals surface area contributed by atoms with Gasteiger partial charge in [-0.05, 0) is 0 Å². The van der Waals surface area contributed by atoms with Gasteiger partial charge >= 0.3 is 0 Å². The standard InChI is InChI=1S/C7H15/c1-5-6-7(2,3)4/h5H,6H2,1-4H3/q-1. The van der Waals surface area contributed by atoms with Gasteiger partial charge in [0.05, 0.1) is 0 Å². The zero-order chi connectivity index (χ0) is 5.91. The Morgan fingerprint density at radius 2 is 1.71 bits per heavy atom. The highest BCUT2D eigenvalue weighted by Gasteiger charge is 2.00. The first-order chi connectivity index (χ1) is 3.06. The Hall–Kier alpha value is 0. The third-order valence-electron chi connectivity index (χ3n) is 0.816. The van der Waals surface area contributed by atoms with Crippen molar-refractivity contribution in [3.63, 3.8) is 0 Å². The van der Waals surface area contributed by atoms with E-state index in [0.29, 0.717) is 5.41 Å². The van der Waals surface area contributed by atoms with Crippen molar-refractivity contribution in [2.24, 2.45) is 5.41 Å². The minimum atomic E-state index is 0.495. The molecule has 0 unspecified atom stereocenters. The normalized spacial score (nSPS) is 12.0. The lowest BCUT2D eigenvalue weighted by atomic mass is 9.91. The Labute approximate surface area is 46.9 Å². The number of hydrogen-bond donors (Lipinski definition) is 0. The molecular formula is C7H15-. The molecule has 0 aromatic carbocycles. The molecule has 0 nitrogen and oxygen atoms in total. The Kier molecular flexibility index (Phi) is 2.34. The lowest BCUT2D eigenvalue weighted by molar-refractivity contribution is 0.407. The molecule has 0 heterocycles. The van der Waals surface area contributed by atoms with Gasteiger partial charge in [-0.2, -0.15) is 13.3 Å². The minimum absolute atomic E-state index is 0.495. The van der Waals surface area contributed by atoms with Gasteiger partial charge in [-0.25, -0.2) is 0 Å². The predicted octanol–water partition coefficient (Wildman–Crippen LogP) is 2.65. The molecule has 0 saturated heterocycles. The summed E-state index contributed by atoms with van der Waals surface area (Å²) in [6.07, 6.45) is 3.42. The monoisotopic (exact) mass is 99.1 g/mol. The molecule has 0 heteroatoms. The van der Waals surface area contributed by atoms with Gasteiger partial charge in [0.2, 0.25) is 0 Å². The largest absolute Gasteiger partial charge is 0.331 e. The van der Waals surface area contributed by atoms with Crippen molar-refractivity contribution >= 4 is 0 Å². The Morgan fingerprint density at radius 1 is 1.29 bits per heavy atom. The van der Waals surface area contributed by atoms with E-state index in [2.05, 4.69) is 34.1 Å². The molecule has 0 bridgehead atoms. The SMILES string of the molecule is C[CH-]CC(C)(C)C. The highest BCUT2D eigenvalue weighted by Crippen LogP contribution is 2.18. The molecular weight excluding hydrogens is 84.1 g/mol. The van der Waals surface area contributed by atoms with Crippen LogP contribution in [0.2, 0.25) is 0 Å². The van der Waals surface area contributed by atoms with Crippen LogP contribution in [0.3, 0.4) is 0 Å². The van der Waals surface area contributed by atoms with Crippen LogP contribution in [0.5, 0.6) is 0 Å². The van der Waals surface area contributed by atoms with E-state index in [1.165, 1.54) is 6.42 Å². The highest BCUT2D eigenvalue weighted by molar-refractivity contribution is 4.68.